The van der Waals surface area contributed by atoms with Gasteiger partial charge in [-0.1, -0.05) is 0 Å². The minimum absolute atomic E-state index is 0.00277. The van der Waals surface area contributed by atoms with Crippen molar-refractivity contribution in [2.24, 2.45) is 10.5 Å². The molecule has 2 fully saturated rings. The topological polar surface area (TPSA) is 129 Å². The average molecular weight is 463 g/mol. The molecule has 3 aliphatic rings. The van der Waals surface area contributed by atoms with Crippen LogP contribution in [0.15, 0.2) is 11.2 Å². The van der Waals surface area contributed by atoms with E-state index in [9.17, 15) is 19.2 Å². The van der Waals surface area contributed by atoms with Gasteiger partial charge in [0.1, 0.15) is 0 Å². The van der Waals surface area contributed by atoms with Crippen LogP contribution in [0.1, 0.15) is 38.8 Å². The third kappa shape index (κ3) is 3.45. The normalized spacial score (nSPS) is 26.4. The lowest BCUT2D eigenvalue weighted by Gasteiger charge is -2.55. The van der Waals surface area contributed by atoms with Gasteiger partial charge in [0.05, 0.1) is 29.6 Å². The molecule has 0 aromatic heterocycles. The van der Waals surface area contributed by atoms with E-state index in [2.05, 4.69) is 21.2 Å². The third-order valence-electron chi connectivity index (χ3n) is 6.24. The molecule has 0 unspecified atom stereocenters. The number of imide groups is 2. The van der Waals surface area contributed by atoms with Gasteiger partial charge in [-0.05, 0) is 32.4 Å². The van der Waals surface area contributed by atoms with E-state index >= 15 is 8.78 Å². The highest BCUT2D eigenvalue weighted by Gasteiger charge is 2.63. The highest BCUT2D eigenvalue weighted by molar-refractivity contribution is 6.20. The monoisotopic (exact) mass is 463 g/mol. The maximum Gasteiger partial charge on any atom is 0.328 e. The van der Waals surface area contributed by atoms with Crippen LogP contribution in [0.25, 0.3) is 0 Å². The minimum atomic E-state index is -1.81. The number of fused-ring (bicyclic) bond motifs is 4. The van der Waals surface area contributed by atoms with Crippen molar-refractivity contribution in [2.75, 3.05) is 11.4 Å². The molecule has 1 spiro atoms. The number of ether oxygens (including phenoxy) is 1. The van der Waals surface area contributed by atoms with Crippen LogP contribution in [0, 0.1) is 17.0 Å². The molecule has 3 heterocycles. The first-order valence-corrected chi connectivity index (χ1v) is 10.4. The van der Waals surface area contributed by atoms with Crippen LogP contribution in [0.3, 0.4) is 0 Å². The largest absolute Gasteiger partial charge is 0.372 e. The number of carbonyl (C=O) groups is 4. The molecule has 3 aliphatic heterocycles. The molecule has 1 aromatic carbocycles. The molecule has 33 heavy (non-hydrogen) atoms. The van der Waals surface area contributed by atoms with E-state index < -0.39 is 59.1 Å². The van der Waals surface area contributed by atoms with Crippen LogP contribution in [0.2, 0.25) is 0 Å². The Labute approximate surface area is 187 Å². The fourth-order valence-corrected chi connectivity index (χ4v) is 5.02. The van der Waals surface area contributed by atoms with Crippen molar-refractivity contribution in [2.45, 2.75) is 52.4 Å². The third-order valence-corrected chi connectivity index (χ3v) is 6.24. The van der Waals surface area contributed by atoms with Crippen molar-refractivity contribution in [1.29, 1.82) is 0 Å². The summed E-state index contributed by atoms with van der Waals surface area (Å²) in [6.45, 7) is 6.08. The van der Waals surface area contributed by atoms with Crippen molar-refractivity contribution < 1.29 is 32.7 Å². The number of amides is 5. The van der Waals surface area contributed by atoms with E-state index in [0.717, 1.165) is 0 Å². The Kier molecular flexibility index (Phi) is 5.43. The van der Waals surface area contributed by atoms with Gasteiger partial charge in [-0.2, -0.15) is 5.10 Å². The second-order valence-corrected chi connectivity index (χ2v) is 8.56. The number of rotatable bonds is 2. The minimum Gasteiger partial charge on any atom is -0.372 e. The Morgan fingerprint density at radius 1 is 1.18 bits per heavy atom. The van der Waals surface area contributed by atoms with E-state index in [-0.39, 0.29) is 35.5 Å². The molecule has 4 rings (SSSR count). The van der Waals surface area contributed by atoms with Crippen LogP contribution in [0.4, 0.5) is 19.3 Å². The molecular weight excluding hydrogens is 440 g/mol. The van der Waals surface area contributed by atoms with Gasteiger partial charge < -0.3 is 9.64 Å². The number of barbiturate groups is 1. The Morgan fingerprint density at radius 3 is 2.42 bits per heavy atom. The van der Waals surface area contributed by atoms with E-state index in [1.807, 2.05) is 0 Å². The second-order valence-electron chi connectivity index (χ2n) is 8.56. The van der Waals surface area contributed by atoms with Crippen LogP contribution < -0.4 is 21.0 Å². The molecule has 12 heteroatoms. The van der Waals surface area contributed by atoms with Gasteiger partial charge in [-0.3, -0.25) is 25.0 Å². The van der Waals surface area contributed by atoms with E-state index in [1.165, 1.54) is 24.8 Å². The predicted molar refractivity (Wildman–Crippen MR) is 111 cm³/mol. The fourth-order valence-electron chi connectivity index (χ4n) is 5.02. The van der Waals surface area contributed by atoms with Gasteiger partial charge >= 0.3 is 6.03 Å². The van der Waals surface area contributed by atoms with Gasteiger partial charge in [0.2, 0.25) is 17.7 Å². The number of benzene rings is 1. The molecule has 0 bridgehead atoms. The van der Waals surface area contributed by atoms with E-state index in [1.54, 1.807) is 13.8 Å². The van der Waals surface area contributed by atoms with Gasteiger partial charge in [0, 0.05) is 25.5 Å². The first-order valence-electron chi connectivity index (χ1n) is 10.4. The summed E-state index contributed by atoms with van der Waals surface area (Å²) in [5, 5.41) is 8.03. The Hall–Kier alpha value is -3.41. The molecule has 1 aromatic rings. The summed E-state index contributed by atoms with van der Waals surface area (Å²) < 4.78 is 36.5. The molecule has 0 saturated carbocycles. The molecule has 0 aliphatic carbocycles. The zero-order valence-corrected chi connectivity index (χ0v) is 18.4. The zero-order valence-electron chi connectivity index (χ0n) is 18.4. The lowest BCUT2D eigenvalue weighted by Crippen LogP contribution is -2.75. The number of hydrogen-bond acceptors (Lipinski definition) is 7. The van der Waals surface area contributed by atoms with Crippen molar-refractivity contribution in [3.05, 3.63) is 28.8 Å². The van der Waals surface area contributed by atoms with Gasteiger partial charge in [-0.15, -0.1) is 0 Å². The summed E-state index contributed by atoms with van der Waals surface area (Å²) in [4.78, 5) is 50.6. The summed E-state index contributed by atoms with van der Waals surface area (Å²) in [5.41, 5.74) is 0.249. The lowest BCUT2D eigenvalue weighted by molar-refractivity contribution is -0.153. The average Bonchev–Trinajstić information content (AvgIpc) is 2.71. The molecule has 176 valence electrons. The highest BCUT2D eigenvalue weighted by Crippen LogP contribution is 2.48. The van der Waals surface area contributed by atoms with Crippen molar-refractivity contribution in [1.82, 2.24) is 16.1 Å². The molecule has 5 amide bonds. The summed E-state index contributed by atoms with van der Waals surface area (Å²) in [6, 6.07) is -0.619. The van der Waals surface area contributed by atoms with Gasteiger partial charge in [-0.25, -0.2) is 19.0 Å². The SMILES string of the molecule is CC(=O)N/N=C(/C)c1cc2c(c(F)c1F)N1C[C@@H](C)O[C@@H](C)[C@@H]1C1(C2)C(=O)NC(=O)NC1=O. The quantitative estimate of drug-likeness (QED) is 0.337. The molecule has 10 nitrogen and oxygen atoms in total. The number of anilines is 1. The van der Waals surface area contributed by atoms with E-state index in [4.69, 9.17) is 4.74 Å². The number of halogens is 2. The van der Waals surface area contributed by atoms with Crippen LogP contribution in [-0.2, 0) is 25.5 Å². The zero-order chi connectivity index (χ0) is 24.2. The van der Waals surface area contributed by atoms with E-state index in [0.29, 0.717) is 0 Å². The first-order chi connectivity index (χ1) is 15.5. The lowest BCUT2D eigenvalue weighted by atomic mass is 9.66. The molecular formula is C21H23F2N5O5. The number of hydrogen-bond donors (Lipinski definition) is 3. The summed E-state index contributed by atoms with van der Waals surface area (Å²) >= 11 is 0. The summed E-state index contributed by atoms with van der Waals surface area (Å²) in [7, 11) is 0. The number of nitrogens with one attached hydrogen (secondary N) is 3. The molecule has 3 atom stereocenters. The maximum absolute atomic E-state index is 15.5. The van der Waals surface area contributed by atoms with Crippen LogP contribution in [0.5, 0.6) is 0 Å². The number of hydrazone groups is 1. The molecule has 3 N–H and O–H groups in total. The van der Waals surface area contributed by atoms with Crippen molar-refractivity contribution >= 4 is 35.2 Å². The number of urea groups is 1. The van der Waals surface area contributed by atoms with Crippen molar-refractivity contribution in [3.8, 4) is 0 Å². The first kappa shape index (κ1) is 22.8. The summed E-state index contributed by atoms with van der Waals surface area (Å²) in [6.07, 6.45) is -1.41. The standard InChI is InChI=1S/C21H23F2N5O5/c1-8-7-28-16-12(5-13(14(22)15(16)23)9(2)26-27-11(4)29)6-21(17(28)10(3)33-8)18(30)24-20(32)25-19(21)31/h5,8,10,17H,6-7H2,1-4H3,(H,27,29)(H2,24,25,30,31,32)/b26-9-/t8-,10+,17-/m1/s1. The van der Waals surface area contributed by atoms with Crippen LogP contribution >= 0.6 is 0 Å². The highest BCUT2D eigenvalue weighted by atomic mass is 19.2. The predicted octanol–water partition coefficient (Wildman–Crippen LogP) is 0.716. The van der Waals surface area contributed by atoms with Crippen molar-refractivity contribution in [3.63, 3.8) is 0 Å². The number of morpholine rings is 1. The smallest absolute Gasteiger partial charge is 0.328 e. The Morgan fingerprint density at radius 2 is 1.82 bits per heavy atom. The number of carbonyl (C=O) groups excluding carboxylic acids is 4. The second kappa shape index (κ2) is 7.87. The Bertz CT molecular complexity index is 1100. The van der Waals surface area contributed by atoms with Gasteiger partial charge in [0.15, 0.2) is 17.0 Å². The molecule has 2 saturated heterocycles. The maximum atomic E-state index is 15.5. The molecule has 0 radical (unpaired) electrons. The Balaban J connectivity index is 1.93. The number of nitrogens with zero attached hydrogens (tertiary/aromatic N) is 2. The summed E-state index contributed by atoms with van der Waals surface area (Å²) in [5.74, 6) is -4.50. The van der Waals surface area contributed by atoms with Gasteiger partial charge in [0.25, 0.3) is 0 Å². The van der Waals surface area contributed by atoms with Crippen LogP contribution in [-0.4, -0.2) is 54.3 Å². The fraction of sp³-hybridized carbons (Fsp3) is 0.476.